The number of aliphatic hydroxyl groups is 1. The number of carboxylic acids is 1. The number of benzene rings is 1. The summed E-state index contributed by atoms with van der Waals surface area (Å²) in [6.07, 6.45) is 2.51. The molecular weight excluding hydrogens is 311 g/mol. The number of carbonyl (C=O) groups is 1. The third-order valence-electron chi connectivity index (χ3n) is 3.35. The standard InChI is InChI=1S/C14H18NO.C2HF3O2/c1-15-10-6-5-9-13(15)11-14(16)12-7-3-2-4-8-12;3-2(4,5)1(6)7/h2-8,10,13-14,16H,9,11H2,1H3;(H,6,7)/q+1;/p-1/t13-,14-;/m0./s1. The van der Waals surface area contributed by atoms with Crippen LogP contribution < -0.4 is 5.11 Å². The van der Waals surface area contributed by atoms with Crippen molar-refractivity contribution in [2.75, 3.05) is 7.05 Å². The minimum atomic E-state index is -5.19. The van der Waals surface area contributed by atoms with Gasteiger partial charge in [0.25, 0.3) is 0 Å². The predicted octanol–water partition coefficient (Wildman–Crippen LogP) is 1.45. The molecule has 1 aliphatic rings. The number of allylic oxidation sites excluding steroid dienone is 1. The minimum absolute atomic E-state index is 0.367. The second-order valence-electron chi connectivity index (χ2n) is 5.08. The molecule has 0 bridgehead atoms. The number of aliphatic carboxylic acids is 1. The van der Waals surface area contributed by atoms with Crippen molar-refractivity contribution in [3.63, 3.8) is 0 Å². The summed E-state index contributed by atoms with van der Waals surface area (Å²) in [5.74, 6) is -3.01. The van der Waals surface area contributed by atoms with E-state index in [2.05, 4.69) is 30.0 Å². The third kappa shape index (κ3) is 6.65. The number of aliphatic hydroxyl groups excluding tert-OH is 1. The monoisotopic (exact) mass is 329 g/mol. The summed E-state index contributed by atoms with van der Waals surface area (Å²) in [6, 6.07) is 10.3. The summed E-state index contributed by atoms with van der Waals surface area (Å²) in [6.45, 7) is 0. The van der Waals surface area contributed by atoms with Gasteiger partial charge in [0.05, 0.1) is 6.10 Å². The second-order valence-corrected chi connectivity index (χ2v) is 5.08. The Morgan fingerprint density at radius 1 is 1.39 bits per heavy atom. The molecule has 4 nitrogen and oxygen atoms in total. The van der Waals surface area contributed by atoms with Crippen LogP contribution in [0, 0.1) is 0 Å². The highest BCUT2D eigenvalue weighted by Crippen LogP contribution is 2.21. The van der Waals surface area contributed by atoms with E-state index in [1.54, 1.807) is 0 Å². The SMILES string of the molecule is C[N+]1=CC=CC[C@H]1C[C@H](O)c1ccccc1.O=C([O-])C(F)(F)F. The van der Waals surface area contributed by atoms with Gasteiger partial charge < -0.3 is 15.0 Å². The zero-order valence-corrected chi connectivity index (χ0v) is 12.5. The maximum absolute atomic E-state index is 10.5. The Labute approximate surface area is 132 Å². The van der Waals surface area contributed by atoms with Crippen molar-refractivity contribution in [1.29, 1.82) is 0 Å². The number of hydrogen-bond donors (Lipinski definition) is 1. The van der Waals surface area contributed by atoms with Gasteiger partial charge in [-0.1, -0.05) is 36.4 Å². The minimum Gasteiger partial charge on any atom is -0.542 e. The molecule has 0 aliphatic carbocycles. The first-order chi connectivity index (χ1) is 10.7. The van der Waals surface area contributed by atoms with Crippen LogP contribution in [0.3, 0.4) is 0 Å². The number of alkyl halides is 3. The lowest BCUT2D eigenvalue weighted by Gasteiger charge is -2.17. The van der Waals surface area contributed by atoms with Gasteiger partial charge in [-0.05, 0) is 11.6 Å². The molecule has 0 spiro atoms. The molecule has 1 aromatic rings. The molecule has 126 valence electrons. The first-order valence-electron chi connectivity index (χ1n) is 6.95. The summed E-state index contributed by atoms with van der Waals surface area (Å²) < 4.78 is 33.7. The Morgan fingerprint density at radius 3 is 2.43 bits per heavy atom. The second kappa shape index (κ2) is 8.47. The van der Waals surface area contributed by atoms with E-state index in [4.69, 9.17) is 9.90 Å². The van der Waals surface area contributed by atoms with Gasteiger partial charge in [-0.3, -0.25) is 0 Å². The average molecular weight is 329 g/mol. The van der Waals surface area contributed by atoms with Crippen LogP contribution in [0.4, 0.5) is 13.2 Å². The van der Waals surface area contributed by atoms with Gasteiger partial charge in [0, 0.05) is 12.8 Å². The highest BCUT2D eigenvalue weighted by Gasteiger charge is 2.28. The van der Waals surface area contributed by atoms with E-state index in [1.807, 2.05) is 30.3 Å². The molecule has 1 aromatic carbocycles. The van der Waals surface area contributed by atoms with Crippen LogP contribution >= 0.6 is 0 Å². The molecule has 23 heavy (non-hydrogen) atoms. The molecular formula is C16H18F3NO3. The van der Waals surface area contributed by atoms with Crippen molar-refractivity contribution >= 4 is 12.2 Å². The summed E-state index contributed by atoms with van der Waals surface area (Å²) >= 11 is 0. The van der Waals surface area contributed by atoms with Gasteiger partial charge >= 0.3 is 6.18 Å². The molecule has 2 atom stereocenters. The molecule has 0 saturated heterocycles. The molecule has 0 saturated carbocycles. The number of carboxylic acid groups (broad SMARTS) is 1. The fourth-order valence-electron chi connectivity index (χ4n) is 2.05. The van der Waals surface area contributed by atoms with E-state index in [9.17, 15) is 18.3 Å². The third-order valence-corrected chi connectivity index (χ3v) is 3.35. The number of nitrogens with zero attached hydrogens (tertiary/aromatic N) is 1. The largest absolute Gasteiger partial charge is 0.542 e. The lowest BCUT2D eigenvalue weighted by molar-refractivity contribution is -0.536. The van der Waals surface area contributed by atoms with Crippen LogP contribution in [-0.2, 0) is 4.79 Å². The number of hydrogen-bond acceptors (Lipinski definition) is 3. The molecule has 0 unspecified atom stereocenters. The highest BCUT2D eigenvalue weighted by atomic mass is 19.4. The average Bonchev–Trinajstić information content (AvgIpc) is 2.50. The van der Waals surface area contributed by atoms with Crippen molar-refractivity contribution in [3.05, 3.63) is 48.0 Å². The number of rotatable bonds is 3. The summed E-state index contributed by atoms with van der Waals surface area (Å²) in [4.78, 5) is 8.78. The van der Waals surface area contributed by atoms with Gasteiger partial charge in [-0.15, -0.1) is 0 Å². The Morgan fingerprint density at radius 2 is 1.96 bits per heavy atom. The van der Waals surface area contributed by atoms with Gasteiger partial charge in [-0.25, -0.2) is 4.58 Å². The maximum Gasteiger partial charge on any atom is 0.430 e. The molecule has 1 aliphatic heterocycles. The molecule has 0 radical (unpaired) electrons. The van der Waals surface area contributed by atoms with Crippen molar-refractivity contribution in [1.82, 2.24) is 0 Å². The fourth-order valence-corrected chi connectivity index (χ4v) is 2.05. The zero-order valence-electron chi connectivity index (χ0n) is 12.5. The molecule has 7 heteroatoms. The van der Waals surface area contributed by atoms with Crippen LogP contribution in [0.2, 0.25) is 0 Å². The number of halogens is 3. The Balaban J connectivity index is 0.000000322. The topological polar surface area (TPSA) is 63.4 Å². The van der Waals surface area contributed by atoms with Gasteiger partial charge in [0.2, 0.25) is 0 Å². The Kier molecular flexibility index (Phi) is 6.96. The van der Waals surface area contributed by atoms with Crippen molar-refractivity contribution in [3.8, 4) is 0 Å². The molecule has 0 aromatic heterocycles. The predicted molar refractivity (Wildman–Crippen MR) is 76.9 cm³/mol. The lowest BCUT2D eigenvalue weighted by atomic mass is 9.99. The van der Waals surface area contributed by atoms with Crippen LogP contribution in [0.5, 0.6) is 0 Å². The van der Waals surface area contributed by atoms with Crippen LogP contribution in [0.15, 0.2) is 42.5 Å². The van der Waals surface area contributed by atoms with E-state index in [0.29, 0.717) is 6.04 Å². The Bertz CT molecular complexity index is 568. The number of carbonyl (C=O) groups excluding carboxylic acids is 1. The van der Waals surface area contributed by atoms with E-state index >= 15 is 0 Å². The lowest BCUT2D eigenvalue weighted by Crippen LogP contribution is -2.37. The smallest absolute Gasteiger partial charge is 0.430 e. The van der Waals surface area contributed by atoms with Crippen LogP contribution in [-0.4, -0.2) is 41.1 Å². The van der Waals surface area contributed by atoms with Gasteiger partial charge in [-0.2, -0.15) is 13.2 Å². The normalized spacial score (nSPS) is 18.5. The van der Waals surface area contributed by atoms with Crippen molar-refractivity contribution in [2.24, 2.45) is 0 Å². The maximum atomic E-state index is 10.5. The van der Waals surface area contributed by atoms with Crippen molar-refractivity contribution < 1.29 is 32.8 Å². The fraction of sp³-hybridized carbons (Fsp3) is 0.375. The summed E-state index contributed by atoms with van der Waals surface area (Å²) in [7, 11) is 2.06. The Hall–Kier alpha value is -2.15. The molecule has 1 heterocycles. The first kappa shape index (κ1) is 18.9. The molecule has 0 amide bonds. The van der Waals surface area contributed by atoms with Crippen molar-refractivity contribution in [2.45, 2.75) is 31.2 Å². The summed E-state index contributed by atoms with van der Waals surface area (Å²) in [5, 5.41) is 18.9. The molecule has 2 rings (SSSR count). The quantitative estimate of drug-likeness (QED) is 0.854. The van der Waals surface area contributed by atoms with E-state index < -0.39 is 12.1 Å². The molecule has 1 N–H and O–H groups in total. The zero-order chi connectivity index (χ0) is 17.5. The van der Waals surface area contributed by atoms with E-state index in [-0.39, 0.29) is 6.10 Å². The van der Waals surface area contributed by atoms with Crippen LogP contribution in [0.1, 0.15) is 24.5 Å². The highest BCUT2D eigenvalue weighted by molar-refractivity contribution is 5.70. The van der Waals surface area contributed by atoms with Gasteiger partial charge in [0.1, 0.15) is 13.0 Å². The first-order valence-corrected chi connectivity index (χ1v) is 6.95. The van der Waals surface area contributed by atoms with E-state index in [0.717, 1.165) is 18.4 Å². The summed E-state index contributed by atoms with van der Waals surface area (Å²) in [5.41, 5.74) is 1.01. The van der Waals surface area contributed by atoms with Gasteiger partial charge in [0.15, 0.2) is 12.3 Å². The van der Waals surface area contributed by atoms with E-state index in [1.165, 1.54) is 0 Å². The van der Waals surface area contributed by atoms with Crippen LogP contribution in [0.25, 0.3) is 0 Å². The molecule has 0 fully saturated rings.